The maximum Gasteiger partial charge on any atom is 0.0619 e. The van der Waals surface area contributed by atoms with Crippen molar-refractivity contribution in [1.29, 1.82) is 0 Å². The Bertz CT molecular complexity index is 178. The minimum Gasteiger partial charge on any atom is -0.380 e. The fourth-order valence-corrected chi connectivity index (χ4v) is 2.88. The zero-order chi connectivity index (χ0) is 13.1. The van der Waals surface area contributed by atoms with Gasteiger partial charge >= 0.3 is 0 Å². The van der Waals surface area contributed by atoms with Crippen LogP contribution < -0.4 is 5.32 Å². The molecule has 0 aromatic carbocycles. The fourth-order valence-electron chi connectivity index (χ4n) is 2.88. The lowest BCUT2D eigenvalue weighted by molar-refractivity contribution is 0.106. The summed E-state index contributed by atoms with van der Waals surface area (Å²) in [5.74, 6) is 0.996. The minimum atomic E-state index is 0.582. The van der Waals surface area contributed by atoms with Crippen LogP contribution >= 0.6 is 0 Å². The molecule has 0 aromatic heterocycles. The smallest absolute Gasteiger partial charge is 0.0619 e. The van der Waals surface area contributed by atoms with Crippen LogP contribution in [0.25, 0.3) is 0 Å². The van der Waals surface area contributed by atoms with Crippen molar-refractivity contribution in [1.82, 2.24) is 5.32 Å². The second kappa shape index (κ2) is 10.8. The van der Waals surface area contributed by atoms with Crippen LogP contribution in [0.1, 0.15) is 71.6 Å². The second-order valence-electron chi connectivity index (χ2n) is 5.81. The average Bonchev–Trinajstić information content (AvgIpc) is 2.42. The molecule has 0 aliphatic heterocycles. The van der Waals surface area contributed by atoms with Crippen LogP contribution in [-0.2, 0) is 4.74 Å². The van der Waals surface area contributed by atoms with Crippen molar-refractivity contribution < 1.29 is 4.74 Å². The third-order valence-electron chi connectivity index (χ3n) is 4.00. The Morgan fingerprint density at radius 1 is 1.11 bits per heavy atom. The molecule has 0 radical (unpaired) electrons. The summed E-state index contributed by atoms with van der Waals surface area (Å²) >= 11 is 0. The van der Waals surface area contributed by atoms with Gasteiger partial charge in [-0.1, -0.05) is 46.0 Å². The number of rotatable bonds is 10. The zero-order valence-corrected chi connectivity index (χ0v) is 12.5. The van der Waals surface area contributed by atoms with Gasteiger partial charge in [0.05, 0.1) is 6.61 Å². The molecule has 0 bridgehead atoms. The standard InChI is InChI=1S/C16H33NO/c1-3-12-17-16(14-18-13-4-2)11-10-15-8-6-5-7-9-15/h15-17H,3-14H2,1-2H3. The van der Waals surface area contributed by atoms with E-state index in [-0.39, 0.29) is 0 Å². The Kier molecular flexibility index (Phi) is 9.59. The Morgan fingerprint density at radius 2 is 1.89 bits per heavy atom. The topological polar surface area (TPSA) is 21.3 Å². The summed E-state index contributed by atoms with van der Waals surface area (Å²) in [5, 5.41) is 3.64. The van der Waals surface area contributed by atoms with Crippen molar-refractivity contribution in [2.45, 2.75) is 77.7 Å². The van der Waals surface area contributed by atoms with E-state index in [2.05, 4.69) is 19.2 Å². The third kappa shape index (κ3) is 7.38. The van der Waals surface area contributed by atoms with Crippen LogP contribution in [-0.4, -0.2) is 25.8 Å². The fraction of sp³-hybridized carbons (Fsp3) is 1.00. The van der Waals surface area contributed by atoms with Gasteiger partial charge in [0.25, 0.3) is 0 Å². The molecule has 18 heavy (non-hydrogen) atoms. The average molecular weight is 255 g/mol. The summed E-state index contributed by atoms with van der Waals surface area (Å²) < 4.78 is 5.72. The van der Waals surface area contributed by atoms with E-state index in [4.69, 9.17) is 4.74 Å². The quantitative estimate of drug-likeness (QED) is 0.592. The summed E-state index contributed by atoms with van der Waals surface area (Å²) in [6.07, 6.45) is 12.4. The van der Waals surface area contributed by atoms with Crippen LogP contribution in [0.15, 0.2) is 0 Å². The summed E-state index contributed by atoms with van der Waals surface area (Å²) in [7, 11) is 0. The molecule has 1 atom stereocenters. The predicted octanol–water partition coefficient (Wildman–Crippen LogP) is 4.14. The summed E-state index contributed by atoms with van der Waals surface area (Å²) in [6, 6.07) is 0.582. The van der Waals surface area contributed by atoms with Gasteiger partial charge in [-0.15, -0.1) is 0 Å². The van der Waals surface area contributed by atoms with Crippen LogP contribution in [0.2, 0.25) is 0 Å². The summed E-state index contributed by atoms with van der Waals surface area (Å²) in [5.41, 5.74) is 0. The Balaban J connectivity index is 2.16. The SMILES string of the molecule is CCCNC(CCC1CCCCC1)COCCC. The molecule has 1 aliphatic carbocycles. The van der Waals surface area contributed by atoms with Crippen LogP contribution in [0.5, 0.6) is 0 Å². The molecule has 1 unspecified atom stereocenters. The van der Waals surface area contributed by atoms with E-state index < -0.39 is 0 Å². The maximum absolute atomic E-state index is 5.72. The molecule has 0 saturated heterocycles. The monoisotopic (exact) mass is 255 g/mol. The highest BCUT2D eigenvalue weighted by Crippen LogP contribution is 2.27. The molecule has 108 valence electrons. The van der Waals surface area contributed by atoms with Crippen molar-refractivity contribution in [2.24, 2.45) is 5.92 Å². The first-order valence-electron chi connectivity index (χ1n) is 8.18. The van der Waals surface area contributed by atoms with Gasteiger partial charge in [-0.25, -0.2) is 0 Å². The molecule has 0 aromatic rings. The van der Waals surface area contributed by atoms with Gasteiger partial charge in [-0.3, -0.25) is 0 Å². The third-order valence-corrected chi connectivity index (χ3v) is 4.00. The number of nitrogens with one attached hydrogen (secondary N) is 1. The van der Waals surface area contributed by atoms with Gasteiger partial charge in [-0.2, -0.15) is 0 Å². The molecule has 1 fully saturated rings. The normalized spacial score (nSPS) is 19.0. The minimum absolute atomic E-state index is 0.582. The first-order valence-corrected chi connectivity index (χ1v) is 8.18. The lowest BCUT2D eigenvalue weighted by atomic mass is 9.85. The lowest BCUT2D eigenvalue weighted by Gasteiger charge is -2.25. The highest BCUT2D eigenvalue weighted by Gasteiger charge is 2.16. The van der Waals surface area contributed by atoms with E-state index in [1.165, 1.54) is 51.4 Å². The van der Waals surface area contributed by atoms with Crippen molar-refractivity contribution >= 4 is 0 Å². The van der Waals surface area contributed by atoms with Crippen molar-refractivity contribution in [3.05, 3.63) is 0 Å². The predicted molar refractivity (Wildman–Crippen MR) is 79.0 cm³/mol. The van der Waals surface area contributed by atoms with E-state index in [1.807, 2.05) is 0 Å². The van der Waals surface area contributed by atoms with Gasteiger partial charge in [0.2, 0.25) is 0 Å². The van der Waals surface area contributed by atoms with E-state index in [1.54, 1.807) is 0 Å². The molecule has 0 spiro atoms. The highest BCUT2D eigenvalue weighted by atomic mass is 16.5. The molecular weight excluding hydrogens is 222 g/mol. The van der Waals surface area contributed by atoms with E-state index in [9.17, 15) is 0 Å². The summed E-state index contributed by atoms with van der Waals surface area (Å²) in [4.78, 5) is 0. The largest absolute Gasteiger partial charge is 0.380 e. The highest BCUT2D eigenvalue weighted by molar-refractivity contribution is 4.71. The first kappa shape index (κ1) is 16.0. The molecule has 2 nitrogen and oxygen atoms in total. The molecule has 1 rings (SSSR count). The van der Waals surface area contributed by atoms with Gasteiger partial charge < -0.3 is 10.1 Å². The van der Waals surface area contributed by atoms with Crippen LogP contribution in [0.3, 0.4) is 0 Å². The molecule has 1 aliphatic rings. The van der Waals surface area contributed by atoms with E-state index in [0.29, 0.717) is 6.04 Å². The Morgan fingerprint density at radius 3 is 2.56 bits per heavy atom. The van der Waals surface area contributed by atoms with Crippen molar-refractivity contribution in [3.63, 3.8) is 0 Å². The maximum atomic E-state index is 5.72. The molecule has 1 N–H and O–H groups in total. The zero-order valence-electron chi connectivity index (χ0n) is 12.5. The van der Waals surface area contributed by atoms with Gasteiger partial charge in [0, 0.05) is 12.6 Å². The van der Waals surface area contributed by atoms with Gasteiger partial charge in [0.15, 0.2) is 0 Å². The van der Waals surface area contributed by atoms with Crippen LogP contribution in [0, 0.1) is 5.92 Å². The number of hydrogen-bond acceptors (Lipinski definition) is 2. The van der Waals surface area contributed by atoms with E-state index in [0.717, 1.165) is 32.1 Å². The number of ether oxygens (including phenoxy) is 1. The molecule has 0 amide bonds. The molecule has 1 saturated carbocycles. The lowest BCUT2D eigenvalue weighted by Crippen LogP contribution is -2.34. The van der Waals surface area contributed by atoms with Gasteiger partial charge in [0.1, 0.15) is 0 Å². The Hall–Kier alpha value is -0.0800. The van der Waals surface area contributed by atoms with Crippen molar-refractivity contribution in [2.75, 3.05) is 19.8 Å². The van der Waals surface area contributed by atoms with Crippen molar-refractivity contribution in [3.8, 4) is 0 Å². The summed E-state index contributed by atoms with van der Waals surface area (Å²) in [6.45, 7) is 7.35. The molecular formula is C16H33NO. The van der Waals surface area contributed by atoms with Crippen LogP contribution in [0.4, 0.5) is 0 Å². The first-order chi connectivity index (χ1) is 8.86. The number of hydrogen-bond donors (Lipinski definition) is 1. The molecule has 0 heterocycles. The second-order valence-corrected chi connectivity index (χ2v) is 5.81. The molecule has 2 heteroatoms. The van der Waals surface area contributed by atoms with E-state index >= 15 is 0 Å². The Labute approximate surface area is 114 Å². The van der Waals surface area contributed by atoms with Gasteiger partial charge in [-0.05, 0) is 38.1 Å².